The van der Waals surface area contributed by atoms with Crippen LogP contribution in [-0.4, -0.2) is 45.6 Å². The summed E-state index contributed by atoms with van der Waals surface area (Å²) in [5.74, 6) is 1.69. The Hall–Kier alpha value is -2.15. The summed E-state index contributed by atoms with van der Waals surface area (Å²) in [4.78, 5) is 23.0. The van der Waals surface area contributed by atoms with Crippen LogP contribution in [0.1, 0.15) is 47.9 Å². The van der Waals surface area contributed by atoms with Crippen molar-refractivity contribution in [3.05, 3.63) is 34.6 Å². The number of piperidine rings is 1. The number of likely N-dealkylation sites (tertiary alicyclic amines) is 1. The average Bonchev–Trinajstić information content (AvgIpc) is 3.03. The van der Waals surface area contributed by atoms with E-state index in [0.29, 0.717) is 42.3 Å². The first-order valence-electron chi connectivity index (χ1n) is 7.97. The lowest BCUT2D eigenvalue weighted by atomic mass is 9.96. The maximum Gasteiger partial charge on any atom is 0.274 e. The molecule has 7 nitrogen and oxygen atoms in total. The molecule has 0 spiro atoms. The summed E-state index contributed by atoms with van der Waals surface area (Å²) in [6.07, 6.45) is 1.55. The molecule has 0 N–H and O–H groups in total. The Labute approximate surface area is 145 Å². The van der Waals surface area contributed by atoms with Gasteiger partial charge in [-0.15, -0.1) is 0 Å². The largest absolute Gasteiger partial charge is 0.478 e. The predicted molar refractivity (Wildman–Crippen MR) is 87.3 cm³/mol. The molecule has 1 fully saturated rings. The van der Waals surface area contributed by atoms with Crippen molar-refractivity contribution in [3.8, 4) is 5.88 Å². The quantitative estimate of drug-likeness (QED) is 0.843. The highest BCUT2D eigenvalue weighted by atomic mass is 35.5. The molecule has 128 valence electrons. The lowest BCUT2D eigenvalue weighted by molar-refractivity contribution is 0.0697. The number of ether oxygens (including phenoxy) is 1. The Kier molecular flexibility index (Phi) is 4.99. The van der Waals surface area contributed by atoms with Crippen LogP contribution >= 0.6 is 11.6 Å². The number of aromatic nitrogens is 3. The molecule has 8 heteroatoms. The summed E-state index contributed by atoms with van der Waals surface area (Å²) in [5.41, 5.74) is 0.231. The Bertz CT molecular complexity index is 726. The Morgan fingerprint density at radius 2 is 2.12 bits per heavy atom. The topological polar surface area (TPSA) is 81.4 Å². The van der Waals surface area contributed by atoms with Crippen molar-refractivity contribution in [2.45, 2.75) is 32.6 Å². The van der Waals surface area contributed by atoms with Gasteiger partial charge in [0, 0.05) is 25.1 Å². The predicted octanol–water partition coefficient (Wildman–Crippen LogP) is 2.84. The third-order valence-electron chi connectivity index (χ3n) is 3.99. The molecule has 24 heavy (non-hydrogen) atoms. The third-order valence-corrected chi connectivity index (χ3v) is 4.29. The van der Waals surface area contributed by atoms with Gasteiger partial charge in [0.2, 0.25) is 11.8 Å². The fourth-order valence-corrected chi connectivity index (χ4v) is 2.95. The summed E-state index contributed by atoms with van der Waals surface area (Å²) in [7, 11) is 0. The third kappa shape index (κ3) is 3.51. The lowest BCUT2D eigenvalue weighted by Crippen LogP contribution is -2.38. The molecule has 1 saturated heterocycles. The fourth-order valence-electron chi connectivity index (χ4n) is 2.76. The van der Waals surface area contributed by atoms with E-state index in [1.54, 1.807) is 24.0 Å². The first-order chi connectivity index (χ1) is 11.6. The van der Waals surface area contributed by atoms with Crippen molar-refractivity contribution < 1.29 is 14.1 Å². The van der Waals surface area contributed by atoms with Crippen molar-refractivity contribution >= 4 is 17.5 Å². The number of nitrogens with zero attached hydrogens (tertiary/aromatic N) is 4. The highest BCUT2D eigenvalue weighted by Crippen LogP contribution is 2.28. The van der Waals surface area contributed by atoms with Gasteiger partial charge in [-0.1, -0.05) is 16.8 Å². The van der Waals surface area contributed by atoms with Crippen LogP contribution in [0.4, 0.5) is 0 Å². The molecule has 1 aliphatic rings. The van der Waals surface area contributed by atoms with Gasteiger partial charge in [0.05, 0.1) is 11.6 Å². The Morgan fingerprint density at radius 3 is 2.75 bits per heavy atom. The number of amides is 1. The Morgan fingerprint density at radius 1 is 1.38 bits per heavy atom. The normalized spacial score (nSPS) is 15.5. The van der Waals surface area contributed by atoms with Crippen molar-refractivity contribution in [1.82, 2.24) is 20.0 Å². The standard InChI is InChI=1S/C16H19ClN4O3/c1-3-23-13-5-4-12(17)14(19-13)16(22)21-8-6-11(7-9-21)15-18-10(2)20-24-15/h4-5,11H,3,6-9H2,1-2H3. The van der Waals surface area contributed by atoms with Gasteiger partial charge in [-0.2, -0.15) is 4.98 Å². The molecule has 1 aliphatic heterocycles. The van der Waals surface area contributed by atoms with E-state index < -0.39 is 0 Å². The van der Waals surface area contributed by atoms with Crippen LogP contribution in [-0.2, 0) is 0 Å². The lowest BCUT2D eigenvalue weighted by Gasteiger charge is -2.30. The average molecular weight is 351 g/mol. The molecule has 0 saturated carbocycles. The SMILES string of the molecule is CCOc1ccc(Cl)c(C(=O)N2CCC(c3nc(C)no3)CC2)n1. The van der Waals surface area contributed by atoms with Crippen LogP contribution in [0.3, 0.4) is 0 Å². The summed E-state index contributed by atoms with van der Waals surface area (Å²) in [5, 5.41) is 4.16. The van der Waals surface area contributed by atoms with Crippen molar-refractivity contribution in [2.24, 2.45) is 0 Å². The highest BCUT2D eigenvalue weighted by molar-refractivity contribution is 6.33. The summed E-state index contributed by atoms with van der Waals surface area (Å²) in [6, 6.07) is 3.30. The van der Waals surface area contributed by atoms with E-state index in [1.807, 2.05) is 6.92 Å². The maximum absolute atomic E-state index is 12.7. The van der Waals surface area contributed by atoms with E-state index in [9.17, 15) is 4.79 Å². The molecule has 2 aromatic heterocycles. The fraction of sp³-hybridized carbons (Fsp3) is 0.500. The van der Waals surface area contributed by atoms with E-state index in [0.717, 1.165) is 12.8 Å². The van der Waals surface area contributed by atoms with E-state index in [-0.39, 0.29) is 17.5 Å². The van der Waals surface area contributed by atoms with Crippen LogP contribution in [0.25, 0.3) is 0 Å². The summed E-state index contributed by atoms with van der Waals surface area (Å²) >= 11 is 6.14. The molecular formula is C16H19ClN4O3. The number of rotatable bonds is 4. The summed E-state index contributed by atoms with van der Waals surface area (Å²) < 4.78 is 10.6. The number of carbonyl (C=O) groups is 1. The van der Waals surface area contributed by atoms with E-state index in [2.05, 4.69) is 15.1 Å². The monoisotopic (exact) mass is 350 g/mol. The number of aryl methyl sites for hydroxylation is 1. The van der Waals surface area contributed by atoms with Gasteiger partial charge in [0.1, 0.15) is 0 Å². The number of carbonyl (C=O) groups excluding carboxylic acids is 1. The second-order valence-corrected chi connectivity index (χ2v) is 6.07. The number of pyridine rings is 1. The summed E-state index contributed by atoms with van der Waals surface area (Å²) in [6.45, 7) is 5.34. The Balaban J connectivity index is 1.68. The molecule has 1 amide bonds. The smallest absolute Gasteiger partial charge is 0.274 e. The van der Waals surface area contributed by atoms with Crippen LogP contribution in [0, 0.1) is 6.92 Å². The van der Waals surface area contributed by atoms with Gasteiger partial charge >= 0.3 is 0 Å². The van der Waals surface area contributed by atoms with E-state index in [1.165, 1.54) is 0 Å². The van der Waals surface area contributed by atoms with Crippen molar-refractivity contribution in [1.29, 1.82) is 0 Å². The molecule has 0 unspecified atom stereocenters. The number of halogens is 1. The van der Waals surface area contributed by atoms with Crippen molar-refractivity contribution in [3.63, 3.8) is 0 Å². The maximum atomic E-state index is 12.7. The molecule has 3 heterocycles. The van der Waals surface area contributed by atoms with Crippen LogP contribution in [0.5, 0.6) is 5.88 Å². The molecule has 0 radical (unpaired) electrons. The van der Waals surface area contributed by atoms with Crippen LogP contribution < -0.4 is 4.74 Å². The van der Waals surface area contributed by atoms with Gasteiger partial charge in [0.15, 0.2) is 11.5 Å². The molecule has 3 rings (SSSR count). The second-order valence-electron chi connectivity index (χ2n) is 5.66. The molecule has 0 aromatic carbocycles. The first kappa shape index (κ1) is 16.7. The second kappa shape index (κ2) is 7.17. The number of hydrogen-bond acceptors (Lipinski definition) is 6. The minimum absolute atomic E-state index is 0.179. The van der Waals surface area contributed by atoms with E-state index >= 15 is 0 Å². The van der Waals surface area contributed by atoms with E-state index in [4.69, 9.17) is 20.9 Å². The zero-order chi connectivity index (χ0) is 17.1. The molecule has 0 bridgehead atoms. The molecule has 2 aromatic rings. The molecular weight excluding hydrogens is 332 g/mol. The van der Waals surface area contributed by atoms with Gasteiger partial charge < -0.3 is 14.2 Å². The minimum atomic E-state index is -0.179. The minimum Gasteiger partial charge on any atom is -0.478 e. The highest BCUT2D eigenvalue weighted by Gasteiger charge is 2.29. The molecule has 0 atom stereocenters. The van der Waals surface area contributed by atoms with Crippen LogP contribution in [0.2, 0.25) is 5.02 Å². The zero-order valence-electron chi connectivity index (χ0n) is 13.7. The van der Waals surface area contributed by atoms with Gasteiger partial charge in [-0.05, 0) is 32.8 Å². The zero-order valence-corrected chi connectivity index (χ0v) is 14.4. The molecule has 0 aliphatic carbocycles. The van der Waals surface area contributed by atoms with Gasteiger partial charge in [0.25, 0.3) is 5.91 Å². The van der Waals surface area contributed by atoms with Gasteiger partial charge in [-0.25, -0.2) is 4.98 Å². The van der Waals surface area contributed by atoms with Crippen molar-refractivity contribution in [2.75, 3.05) is 19.7 Å². The first-order valence-corrected chi connectivity index (χ1v) is 8.35. The number of hydrogen-bond donors (Lipinski definition) is 0. The van der Waals surface area contributed by atoms with Gasteiger partial charge in [-0.3, -0.25) is 4.79 Å². The van der Waals surface area contributed by atoms with Crippen LogP contribution in [0.15, 0.2) is 16.7 Å².